The molecule has 6 N–H and O–H groups in total. The molecule has 4 aromatic rings. The molecule has 2 aliphatic heterocycles. The van der Waals surface area contributed by atoms with Gasteiger partial charge in [0.25, 0.3) is 5.56 Å². The predicted octanol–water partition coefficient (Wildman–Crippen LogP) is 1.97. The van der Waals surface area contributed by atoms with Crippen LogP contribution in [0.1, 0.15) is 31.4 Å². The quantitative estimate of drug-likeness (QED) is 0.196. The Labute approximate surface area is 241 Å². The second kappa shape index (κ2) is 11.2. The van der Waals surface area contributed by atoms with Crippen molar-refractivity contribution in [1.82, 2.24) is 34.1 Å². The number of anilines is 2. The minimum absolute atomic E-state index is 0.0111. The van der Waals surface area contributed by atoms with Crippen LogP contribution in [0.2, 0.25) is 0 Å². The fraction of sp³-hybridized carbons (Fsp3) is 0.500. The second-order valence-electron chi connectivity index (χ2n) is 9.45. The zero-order chi connectivity index (χ0) is 28.9. The zero-order valence-electron chi connectivity index (χ0n) is 21.6. The van der Waals surface area contributed by atoms with Crippen molar-refractivity contribution in [3.05, 3.63) is 35.3 Å². The van der Waals surface area contributed by atoms with Gasteiger partial charge in [-0.2, -0.15) is 4.98 Å². The number of ether oxygens (including phenoxy) is 2. The maximum atomic E-state index is 15.0. The Morgan fingerprint density at radius 3 is 2.93 bits per heavy atom. The van der Waals surface area contributed by atoms with E-state index in [1.54, 1.807) is 21.4 Å². The van der Waals surface area contributed by atoms with E-state index in [9.17, 15) is 9.69 Å². The van der Waals surface area contributed by atoms with Gasteiger partial charge >= 0.3 is 6.72 Å². The molecule has 6 heterocycles. The lowest BCUT2D eigenvalue weighted by Gasteiger charge is -2.25. The highest BCUT2D eigenvalue weighted by Gasteiger charge is 2.43. The minimum Gasteiger partial charge on any atom is -0.383 e. The molecular weight excluding hydrogens is 600 g/mol. The van der Waals surface area contributed by atoms with Crippen LogP contribution in [0.15, 0.2) is 29.7 Å². The summed E-state index contributed by atoms with van der Waals surface area (Å²) in [6, 6.07) is 1.70. The molecule has 2 aliphatic rings. The van der Waals surface area contributed by atoms with Gasteiger partial charge in [0, 0.05) is 25.6 Å². The van der Waals surface area contributed by atoms with Crippen LogP contribution in [-0.4, -0.2) is 76.0 Å². The molecule has 0 bridgehead atoms. The van der Waals surface area contributed by atoms with Gasteiger partial charge < -0.3 is 39.4 Å². The number of aromatic amines is 1. The summed E-state index contributed by atoms with van der Waals surface area (Å²) in [5.74, 6) is 0.219. The molecule has 2 fully saturated rings. The third-order valence-electron chi connectivity index (χ3n) is 6.75. The van der Waals surface area contributed by atoms with E-state index in [2.05, 4.69) is 24.9 Å². The van der Waals surface area contributed by atoms with E-state index in [-0.39, 0.29) is 41.4 Å². The highest BCUT2D eigenvalue weighted by atomic mass is 32.5. The number of thioether (sulfide) groups is 1. The van der Waals surface area contributed by atoms with E-state index in [4.69, 9.17) is 41.8 Å². The van der Waals surface area contributed by atoms with Gasteiger partial charge in [-0.1, -0.05) is 0 Å². The van der Waals surface area contributed by atoms with Crippen molar-refractivity contribution < 1.29 is 27.8 Å². The Bertz CT molecular complexity index is 1690. The lowest BCUT2D eigenvalue weighted by atomic mass is 10.2. The van der Waals surface area contributed by atoms with Crippen LogP contribution in [0.3, 0.4) is 0 Å². The van der Waals surface area contributed by atoms with Crippen LogP contribution in [0.5, 0.6) is 0 Å². The normalized spacial score (nSPS) is 28.1. The lowest BCUT2D eigenvalue weighted by Crippen LogP contribution is -2.22. The Balaban J connectivity index is 1.15. The molecule has 7 atom stereocenters. The number of rotatable bonds is 9. The third-order valence-corrected chi connectivity index (χ3v) is 9.78. The molecule has 220 valence electrons. The Morgan fingerprint density at radius 2 is 2.12 bits per heavy atom. The van der Waals surface area contributed by atoms with Gasteiger partial charge in [-0.25, -0.2) is 19.3 Å². The molecule has 6 rings (SSSR count). The fourth-order valence-corrected chi connectivity index (χ4v) is 8.00. The molecular formula is C22H27FN9O6PS2. The first-order valence-corrected chi connectivity index (χ1v) is 16.2. The summed E-state index contributed by atoms with van der Waals surface area (Å²) in [6.45, 7) is -1.71. The summed E-state index contributed by atoms with van der Waals surface area (Å²) in [4.78, 5) is 42.2. The number of nitrogens with zero attached hydrogens (tertiary/aromatic N) is 6. The number of aromatic nitrogens is 7. The van der Waals surface area contributed by atoms with Crippen molar-refractivity contribution in [3.8, 4) is 0 Å². The molecule has 2 saturated heterocycles. The van der Waals surface area contributed by atoms with E-state index >= 15 is 4.39 Å². The summed E-state index contributed by atoms with van der Waals surface area (Å²) in [5, 5.41) is 0.0758. The van der Waals surface area contributed by atoms with Crippen molar-refractivity contribution in [3.63, 3.8) is 0 Å². The smallest absolute Gasteiger partial charge is 0.324 e. The summed E-state index contributed by atoms with van der Waals surface area (Å²) < 4.78 is 41.5. The lowest BCUT2D eigenvalue weighted by molar-refractivity contribution is -0.0346. The van der Waals surface area contributed by atoms with Gasteiger partial charge in [0.15, 0.2) is 17.4 Å². The fourth-order valence-electron chi connectivity index (χ4n) is 4.99. The van der Waals surface area contributed by atoms with Gasteiger partial charge in [-0.3, -0.25) is 14.3 Å². The van der Waals surface area contributed by atoms with Gasteiger partial charge in [0.2, 0.25) is 5.95 Å². The van der Waals surface area contributed by atoms with Crippen LogP contribution in [0, 0.1) is 0 Å². The minimum atomic E-state index is -3.83. The highest BCUT2D eigenvalue weighted by molar-refractivity contribution is 8.07. The molecule has 0 amide bonds. The number of H-pyrrole nitrogens is 1. The summed E-state index contributed by atoms with van der Waals surface area (Å²) in [7, 11) is 0. The van der Waals surface area contributed by atoms with E-state index in [1.165, 1.54) is 24.4 Å². The highest BCUT2D eigenvalue weighted by Crippen LogP contribution is 2.54. The predicted molar refractivity (Wildman–Crippen MR) is 152 cm³/mol. The van der Waals surface area contributed by atoms with Crippen molar-refractivity contribution in [2.24, 2.45) is 0 Å². The van der Waals surface area contributed by atoms with Crippen LogP contribution in [-0.2, 0) is 30.3 Å². The van der Waals surface area contributed by atoms with Crippen LogP contribution in [0.25, 0.3) is 22.2 Å². The number of hydrogen-bond donors (Lipinski definition) is 4. The van der Waals surface area contributed by atoms with Crippen molar-refractivity contribution in [1.29, 1.82) is 0 Å². The summed E-state index contributed by atoms with van der Waals surface area (Å²) >= 11 is 6.73. The van der Waals surface area contributed by atoms with Gasteiger partial charge in [0.1, 0.15) is 40.9 Å². The SMILES string of the molecule is CCOC1C[C@@H](OP(O)(=S)OC[C@@H]2C[C@H](F)[C@H](n3ccc4c(N)ncnc43)O2)[C@H](n2cnc3c(=O)[nH]c(N)nc32)S1. The number of fused-ring (bicyclic) bond motifs is 2. The van der Waals surface area contributed by atoms with E-state index in [1.807, 2.05) is 6.92 Å². The Kier molecular flexibility index (Phi) is 7.75. The van der Waals surface area contributed by atoms with E-state index < -0.39 is 42.3 Å². The van der Waals surface area contributed by atoms with Crippen molar-refractivity contribution >= 4 is 64.3 Å². The number of imidazole rings is 1. The molecule has 2 unspecified atom stereocenters. The van der Waals surface area contributed by atoms with Gasteiger partial charge in [-0.05, 0) is 24.8 Å². The van der Waals surface area contributed by atoms with Crippen LogP contribution < -0.4 is 17.0 Å². The zero-order valence-corrected chi connectivity index (χ0v) is 24.1. The van der Waals surface area contributed by atoms with E-state index in [0.717, 1.165) is 0 Å². The summed E-state index contributed by atoms with van der Waals surface area (Å²) in [6.07, 6.45) is 1.05. The van der Waals surface area contributed by atoms with Crippen molar-refractivity contribution in [2.75, 3.05) is 24.7 Å². The molecule has 15 nitrogen and oxygen atoms in total. The summed E-state index contributed by atoms with van der Waals surface area (Å²) in [5.41, 5.74) is 11.7. The third kappa shape index (κ3) is 5.58. The first kappa shape index (κ1) is 28.4. The molecule has 0 aromatic carbocycles. The first-order valence-electron chi connectivity index (χ1n) is 12.6. The number of nitrogens with one attached hydrogen (secondary N) is 1. The maximum absolute atomic E-state index is 15.0. The van der Waals surface area contributed by atoms with Gasteiger partial charge in [-0.15, -0.1) is 11.8 Å². The Hall–Kier alpha value is -2.70. The average Bonchev–Trinajstić information content (AvgIpc) is 3.68. The molecule has 0 spiro atoms. The Morgan fingerprint density at radius 1 is 1.29 bits per heavy atom. The van der Waals surface area contributed by atoms with Gasteiger partial charge in [0.05, 0.1) is 24.4 Å². The number of nitrogen functional groups attached to an aromatic ring is 2. The topological polar surface area (TPSA) is 203 Å². The molecule has 19 heteroatoms. The molecule has 41 heavy (non-hydrogen) atoms. The van der Waals surface area contributed by atoms with Crippen LogP contribution in [0.4, 0.5) is 16.2 Å². The number of hydrogen-bond acceptors (Lipinski definition) is 13. The van der Waals surface area contributed by atoms with Crippen molar-refractivity contribution in [2.45, 2.75) is 55.2 Å². The molecule has 0 saturated carbocycles. The average molecular weight is 628 g/mol. The molecule has 0 radical (unpaired) electrons. The molecule has 0 aliphatic carbocycles. The van der Waals surface area contributed by atoms with Crippen LogP contribution >= 0.6 is 18.5 Å². The monoisotopic (exact) mass is 627 g/mol. The largest absolute Gasteiger partial charge is 0.383 e. The molecule has 4 aromatic heterocycles. The maximum Gasteiger partial charge on any atom is 0.324 e. The number of halogens is 1. The van der Waals surface area contributed by atoms with E-state index in [0.29, 0.717) is 24.1 Å². The number of nitrogens with two attached hydrogens (primary N) is 2. The second-order valence-corrected chi connectivity index (χ2v) is 13.5. The standard InChI is InChI=1S/C22H27FN9O6PS2/c1-2-35-14-6-13(21(41-14)32-9-28-15-18(32)29-22(25)30-19(15)33)38-39(34,40)36-7-10-5-12(23)20(37-10)31-4-3-11-16(24)26-8-27-17(11)31/h3-4,8-10,12-14,20-21H,2,5-7H2,1H3,(H,34,40)(H2,24,26,27)(H3,25,29,30,33)/t10-,12-,13+,14?,20+,21+,39?/m0/s1. The number of alkyl halides is 1. The first-order chi connectivity index (χ1) is 19.6.